The molecule has 1 amide bonds. The summed E-state index contributed by atoms with van der Waals surface area (Å²) in [5, 5.41) is 18.1. The fourth-order valence-corrected chi connectivity index (χ4v) is 3.29. The zero-order valence-electron chi connectivity index (χ0n) is 15.3. The summed E-state index contributed by atoms with van der Waals surface area (Å²) in [4.78, 5) is 19.4. The van der Waals surface area contributed by atoms with Gasteiger partial charge in [-0.25, -0.2) is 0 Å². The molecular weight excluding hydrogens is 346 g/mol. The molecule has 27 heavy (non-hydrogen) atoms. The molecule has 1 N–H and O–H groups in total. The average molecular weight is 367 g/mol. The van der Waals surface area contributed by atoms with Gasteiger partial charge in [0.05, 0.1) is 5.56 Å². The molecule has 140 valence electrons. The van der Waals surface area contributed by atoms with E-state index >= 15 is 0 Å². The van der Waals surface area contributed by atoms with E-state index in [1.165, 1.54) is 0 Å². The number of aromatic amines is 1. The van der Waals surface area contributed by atoms with Crippen molar-refractivity contribution >= 4 is 5.91 Å². The standard InChI is InChI=1S/C18H21N7O2/c1-11(2)15-19-17(27-22-15)12-7-9-25(10-8-12)18(26)14-6-4-3-5-13(14)16-20-23-24-21-16/h3-6,11-12H,7-10H2,1-2H3,(H,20,21,23,24). The van der Waals surface area contributed by atoms with E-state index in [0.29, 0.717) is 35.9 Å². The Balaban J connectivity index is 1.46. The Kier molecular flexibility index (Phi) is 4.66. The fraction of sp³-hybridized carbons (Fsp3) is 0.444. The Labute approximate surface area is 156 Å². The van der Waals surface area contributed by atoms with Gasteiger partial charge in [0.2, 0.25) is 11.7 Å². The van der Waals surface area contributed by atoms with Gasteiger partial charge < -0.3 is 9.42 Å². The number of nitrogens with zero attached hydrogens (tertiary/aromatic N) is 6. The summed E-state index contributed by atoms with van der Waals surface area (Å²) in [6.45, 7) is 5.36. The number of tetrazole rings is 1. The maximum Gasteiger partial charge on any atom is 0.254 e. The van der Waals surface area contributed by atoms with Gasteiger partial charge in [0.25, 0.3) is 5.91 Å². The summed E-state index contributed by atoms with van der Waals surface area (Å²) < 4.78 is 5.42. The smallest absolute Gasteiger partial charge is 0.254 e. The molecule has 3 heterocycles. The van der Waals surface area contributed by atoms with E-state index in [0.717, 1.165) is 18.7 Å². The molecule has 0 radical (unpaired) electrons. The normalized spacial score (nSPS) is 15.4. The summed E-state index contributed by atoms with van der Waals surface area (Å²) in [6, 6.07) is 7.33. The fourth-order valence-electron chi connectivity index (χ4n) is 3.29. The first kappa shape index (κ1) is 17.3. The van der Waals surface area contributed by atoms with Crippen molar-refractivity contribution in [3.8, 4) is 11.4 Å². The van der Waals surface area contributed by atoms with Crippen LogP contribution < -0.4 is 0 Å². The average Bonchev–Trinajstić information content (AvgIpc) is 3.40. The minimum atomic E-state index is -0.0257. The predicted octanol–water partition coefficient (Wildman–Crippen LogP) is 2.39. The Hall–Kier alpha value is -3.10. The van der Waals surface area contributed by atoms with Crippen LogP contribution in [0.3, 0.4) is 0 Å². The van der Waals surface area contributed by atoms with Crippen LogP contribution in [-0.4, -0.2) is 54.7 Å². The van der Waals surface area contributed by atoms with Crippen molar-refractivity contribution in [2.45, 2.75) is 38.5 Å². The molecule has 3 aromatic rings. The minimum absolute atomic E-state index is 0.0257. The number of H-pyrrole nitrogens is 1. The molecule has 1 fully saturated rings. The van der Waals surface area contributed by atoms with Gasteiger partial charge in [0.15, 0.2) is 5.82 Å². The van der Waals surface area contributed by atoms with Crippen LogP contribution in [0.2, 0.25) is 0 Å². The van der Waals surface area contributed by atoms with E-state index in [4.69, 9.17) is 4.52 Å². The van der Waals surface area contributed by atoms with Crippen molar-refractivity contribution in [2.24, 2.45) is 0 Å². The lowest BCUT2D eigenvalue weighted by Crippen LogP contribution is -2.38. The van der Waals surface area contributed by atoms with Gasteiger partial charge in [-0.05, 0) is 24.1 Å². The molecule has 0 unspecified atom stereocenters. The molecule has 0 atom stereocenters. The van der Waals surface area contributed by atoms with E-state index in [1.807, 2.05) is 36.9 Å². The number of amides is 1. The summed E-state index contributed by atoms with van der Waals surface area (Å²) in [5.74, 6) is 2.24. The van der Waals surface area contributed by atoms with Crippen molar-refractivity contribution in [1.82, 2.24) is 35.7 Å². The molecule has 9 heteroatoms. The highest BCUT2D eigenvalue weighted by Gasteiger charge is 2.29. The largest absolute Gasteiger partial charge is 0.339 e. The zero-order chi connectivity index (χ0) is 18.8. The SMILES string of the molecule is CC(C)c1noc(C2CCN(C(=O)c3ccccc3-c3nn[nH]n3)CC2)n1. The lowest BCUT2D eigenvalue weighted by molar-refractivity contribution is 0.0705. The van der Waals surface area contributed by atoms with Crippen molar-refractivity contribution in [3.63, 3.8) is 0 Å². The van der Waals surface area contributed by atoms with Crippen LogP contribution in [-0.2, 0) is 0 Å². The summed E-state index contributed by atoms with van der Waals surface area (Å²) >= 11 is 0. The number of likely N-dealkylation sites (tertiary alicyclic amines) is 1. The molecule has 1 saturated heterocycles. The highest BCUT2D eigenvalue weighted by atomic mass is 16.5. The molecule has 0 aliphatic carbocycles. The van der Waals surface area contributed by atoms with Gasteiger partial charge in [-0.15, -0.1) is 10.2 Å². The first-order valence-electron chi connectivity index (χ1n) is 9.09. The lowest BCUT2D eigenvalue weighted by Gasteiger charge is -2.30. The number of carbonyl (C=O) groups excluding carboxylic acids is 1. The second-order valence-electron chi connectivity index (χ2n) is 6.99. The monoisotopic (exact) mass is 367 g/mol. The molecule has 0 bridgehead atoms. The van der Waals surface area contributed by atoms with Crippen molar-refractivity contribution in [3.05, 3.63) is 41.5 Å². The third-order valence-corrected chi connectivity index (χ3v) is 4.85. The Morgan fingerprint density at radius 3 is 2.70 bits per heavy atom. The Morgan fingerprint density at radius 1 is 1.26 bits per heavy atom. The highest BCUT2D eigenvalue weighted by molar-refractivity contribution is 6.00. The number of hydrogen-bond acceptors (Lipinski definition) is 7. The first-order chi connectivity index (χ1) is 13.1. The third kappa shape index (κ3) is 3.44. The van der Waals surface area contributed by atoms with Crippen LogP contribution in [0.4, 0.5) is 0 Å². The van der Waals surface area contributed by atoms with Gasteiger partial charge in [0.1, 0.15) is 0 Å². The van der Waals surface area contributed by atoms with E-state index in [1.54, 1.807) is 6.07 Å². The zero-order valence-corrected chi connectivity index (χ0v) is 15.3. The molecule has 0 saturated carbocycles. The maximum absolute atomic E-state index is 13.0. The van der Waals surface area contributed by atoms with Crippen molar-refractivity contribution in [1.29, 1.82) is 0 Å². The van der Waals surface area contributed by atoms with Gasteiger partial charge in [-0.2, -0.15) is 10.2 Å². The van der Waals surface area contributed by atoms with E-state index in [9.17, 15) is 4.79 Å². The second-order valence-corrected chi connectivity index (χ2v) is 6.99. The van der Waals surface area contributed by atoms with E-state index < -0.39 is 0 Å². The number of carbonyl (C=O) groups is 1. The van der Waals surface area contributed by atoms with Gasteiger partial charge >= 0.3 is 0 Å². The number of rotatable bonds is 4. The molecule has 1 aromatic carbocycles. The number of benzene rings is 1. The summed E-state index contributed by atoms with van der Waals surface area (Å²) in [6.07, 6.45) is 1.60. The van der Waals surface area contributed by atoms with Crippen LogP contribution in [0.5, 0.6) is 0 Å². The third-order valence-electron chi connectivity index (χ3n) is 4.85. The second kappa shape index (κ2) is 7.26. The molecule has 1 aliphatic heterocycles. The first-order valence-corrected chi connectivity index (χ1v) is 9.09. The lowest BCUT2D eigenvalue weighted by atomic mass is 9.95. The van der Waals surface area contributed by atoms with Gasteiger partial charge in [-0.3, -0.25) is 4.79 Å². The van der Waals surface area contributed by atoms with E-state index in [2.05, 4.69) is 30.8 Å². The maximum atomic E-state index is 13.0. The van der Waals surface area contributed by atoms with Crippen molar-refractivity contribution < 1.29 is 9.32 Å². The molecule has 2 aromatic heterocycles. The molecule has 0 spiro atoms. The van der Waals surface area contributed by atoms with Gasteiger partial charge in [-0.1, -0.05) is 37.2 Å². The molecule has 1 aliphatic rings. The highest BCUT2D eigenvalue weighted by Crippen LogP contribution is 2.29. The molecule has 9 nitrogen and oxygen atoms in total. The quantitative estimate of drug-likeness (QED) is 0.753. The number of nitrogens with one attached hydrogen (secondary N) is 1. The summed E-state index contributed by atoms with van der Waals surface area (Å²) in [7, 11) is 0. The molecular formula is C18H21N7O2. The topological polar surface area (TPSA) is 114 Å². The van der Waals surface area contributed by atoms with Gasteiger partial charge in [0, 0.05) is 30.5 Å². The van der Waals surface area contributed by atoms with Crippen LogP contribution in [0.1, 0.15) is 60.6 Å². The van der Waals surface area contributed by atoms with E-state index in [-0.39, 0.29) is 17.7 Å². The molecule has 4 rings (SSSR count). The van der Waals surface area contributed by atoms with Crippen LogP contribution >= 0.6 is 0 Å². The van der Waals surface area contributed by atoms with Crippen LogP contribution in [0.25, 0.3) is 11.4 Å². The number of aromatic nitrogens is 6. The van der Waals surface area contributed by atoms with Crippen LogP contribution in [0, 0.1) is 0 Å². The Bertz CT molecular complexity index is 911. The number of piperidine rings is 1. The van der Waals surface area contributed by atoms with Crippen molar-refractivity contribution in [2.75, 3.05) is 13.1 Å². The summed E-state index contributed by atoms with van der Waals surface area (Å²) in [5.41, 5.74) is 1.26. The minimum Gasteiger partial charge on any atom is -0.339 e. The Morgan fingerprint density at radius 2 is 2.04 bits per heavy atom. The predicted molar refractivity (Wildman–Crippen MR) is 95.9 cm³/mol. The van der Waals surface area contributed by atoms with Crippen LogP contribution in [0.15, 0.2) is 28.8 Å². The number of hydrogen-bond donors (Lipinski definition) is 1.